The Morgan fingerprint density at radius 2 is 1.04 bits per heavy atom. The van der Waals surface area contributed by atoms with Crippen molar-refractivity contribution in [3.63, 3.8) is 0 Å². The topological polar surface area (TPSA) is 52.6 Å². The summed E-state index contributed by atoms with van der Waals surface area (Å²) >= 11 is 0. The molecule has 0 N–H and O–H groups in total. The zero-order chi connectivity index (χ0) is 17.5. The number of hydrogen-bond acceptors (Lipinski definition) is 4. The van der Waals surface area contributed by atoms with E-state index in [-0.39, 0.29) is 11.9 Å². The standard InChI is InChI=1S/C21H34O4/c22-20(24-11-1-3-16-5-6-16)14-18-9-10-19(13-18)15-21(23)25-12-2-4-17-7-8-17/h16-19H,1-15H2. The highest BCUT2D eigenvalue weighted by atomic mass is 16.5. The highest BCUT2D eigenvalue weighted by Crippen LogP contribution is 2.36. The molecule has 0 heterocycles. The third kappa shape index (κ3) is 7.79. The van der Waals surface area contributed by atoms with E-state index in [2.05, 4.69) is 0 Å². The summed E-state index contributed by atoms with van der Waals surface area (Å²) in [5, 5.41) is 0. The van der Waals surface area contributed by atoms with Gasteiger partial charge in [-0.1, -0.05) is 25.7 Å². The Morgan fingerprint density at radius 1 is 0.640 bits per heavy atom. The highest BCUT2D eigenvalue weighted by molar-refractivity contribution is 5.70. The lowest BCUT2D eigenvalue weighted by atomic mass is 10.00. The van der Waals surface area contributed by atoms with Gasteiger partial charge in [0.2, 0.25) is 0 Å². The van der Waals surface area contributed by atoms with Gasteiger partial charge < -0.3 is 9.47 Å². The van der Waals surface area contributed by atoms with Crippen LogP contribution >= 0.6 is 0 Å². The monoisotopic (exact) mass is 350 g/mol. The highest BCUT2D eigenvalue weighted by Gasteiger charge is 2.29. The molecule has 3 aliphatic carbocycles. The van der Waals surface area contributed by atoms with E-state index in [4.69, 9.17) is 9.47 Å². The molecule has 0 spiro atoms. The summed E-state index contributed by atoms with van der Waals surface area (Å²) in [6.07, 6.45) is 14.0. The Bertz CT molecular complexity index is 399. The van der Waals surface area contributed by atoms with Crippen molar-refractivity contribution in [2.75, 3.05) is 13.2 Å². The fourth-order valence-electron chi connectivity index (χ4n) is 4.07. The Labute approximate surface area is 152 Å². The van der Waals surface area contributed by atoms with Gasteiger partial charge in [-0.05, 0) is 68.6 Å². The zero-order valence-corrected chi connectivity index (χ0v) is 15.5. The van der Waals surface area contributed by atoms with Crippen molar-refractivity contribution in [2.45, 2.75) is 83.5 Å². The number of rotatable bonds is 12. The first-order valence-corrected chi connectivity index (χ1v) is 10.5. The molecule has 142 valence electrons. The quantitative estimate of drug-likeness (QED) is 0.380. The molecule has 2 unspecified atom stereocenters. The predicted molar refractivity (Wildman–Crippen MR) is 95.9 cm³/mol. The first kappa shape index (κ1) is 18.7. The fourth-order valence-corrected chi connectivity index (χ4v) is 4.07. The largest absolute Gasteiger partial charge is 0.466 e. The summed E-state index contributed by atoms with van der Waals surface area (Å²) in [5.41, 5.74) is 0. The lowest BCUT2D eigenvalue weighted by molar-refractivity contribution is -0.145. The molecule has 0 aromatic heterocycles. The molecule has 3 saturated carbocycles. The molecule has 25 heavy (non-hydrogen) atoms. The molecular weight excluding hydrogens is 316 g/mol. The zero-order valence-electron chi connectivity index (χ0n) is 15.5. The van der Waals surface area contributed by atoms with Crippen molar-refractivity contribution in [2.24, 2.45) is 23.7 Å². The molecule has 0 saturated heterocycles. The van der Waals surface area contributed by atoms with Crippen LogP contribution in [-0.2, 0) is 19.1 Å². The van der Waals surface area contributed by atoms with E-state index in [9.17, 15) is 9.59 Å². The predicted octanol–water partition coefficient (Wildman–Crippen LogP) is 4.65. The molecule has 0 aliphatic heterocycles. The molecule has 4 heteroatoms. The van der Waals surface area contributed by atoms with E-state index in [0.717, 1.165) is 43.9 Å². The van der Waals surface area contributed by atoms with Crippen LogP contribution in [0.25, 0.3) is 0 Å². The molecule has 3 aliphatic rings. The average molecular weight is 350 g/mol. The van der Waals surface area contributed by atoms with E-state index >= 15 is 0 Å². The third-order valence-electron chi connectivity index (χ3n) is 5.99. The number of carbonyl (C=O) groups excluding carboxylic acids is 2. The lowest BCUT2D eigenvalue weighted by Gasteiger charge is -2.11. The van der Waals surface area contributed by atoms with E-state index in [0.29, 0.717) is 37.9 Å². The van der Waals surface area contributed by atoms with Gasteiger partial charge in [0.25, 0.3) is 0 Å². The number of carbonyl (C=O) groups is 2. The second-order valence-electron chi connectivity index (χ2n) is 8.57. The molecule has 0 aromatic carbocycles. The minimum Gasteiger partial charge on any atom is -0.466 e. The van der Waals surface area contributed by atoms with Crippen molar-refractivity contribution < 1.29 is 19.1 Å². The van der Waals surface area contributed by atoms with Crippen LogP contribution in [0.3, 0.4) is 0 Å². The molecule has 3 fully saturated rings. The Kier molecular flexibility index (Phi) is 7.18. The molecule has 4 nitrogen and oxygen atoms in total. The Balaban J connectivity index is 1.19. The Hall–Kier alpha value is -1.06. The lowest BCUT2D eigenvalue weighted by Crippen LogP contribution is -2.13. The second-order valence-corrected chi connectivity index (χ2v) is 8.57. The molecule has 0 bridgehead atoms. The van der Waals surface area contributed by atoms with E-state index in [1.807, 2.05) is 0 Å². The molecule has 0 aromatic rings. The van der Waals surface area contributed by atoms with Gasteiger partial charge >= 0.3 is 11.9 Å². The first-order chi connectivity index (χ1) is 12.2. The van der Waals surface area contributed by atoms with Crippen molar-refractivity contribution >= 4 is 11.9 Å². The van der Waals surface area contributed by atoms with Crippen LogP contribution in [0.4, 0.5) is 0 Å². The van der Waals surface area contributed by atoms with Crippen molar-refractivity contribution in [1.82, 2.24) is 0 Å². The maximum atomic E-state index is 11.9. The maximum absolute atomic E-state index is 11.9. The SMILES string of the molecule is O=C(CC1CCC(CC(=O)OCCCC2CC2)C1)OCCCC1CC1. The Morgan fingerprint density at radius 3 is 1.44 bits per heavy atom. The maximum Gasteiger partial charge on any atom is 0.306 e. The second kappa shape index (κ2) is 9.59. The van der Waals surface area contributed by atoms with Gasteiger partial charge in [-0.2, -0.15) is 0 Å². The molecule has 0 radical (unpaired) electrons. The van der Waals surface area contributed by atoms with Crippen molar-refractivity contribution in [1.29, 1.82) is 0 Å². The van der Waals surface area contributed by atoms with Gasteiger partial charge in [0.15, 0.2) is 0 Å². The van der Waals surface area contributed by atoms with E-state index in [1.54, 1.807) is 0 Å². The summed E-state index contributed by atoms with van der Waals surface area (Å²) in [5.74, 6) is 2.49. The number of ether oxygens (including phenoxy) is 2. The van der Waals surface area contributed by atoms with Crippen LogP contribution in [-0.4, -0.2) is 25.2 Å². The van der Waals surface area contributed by atoms with Crippen LogP contribution in [0.5, 0.6) is 0 Å². The molecule has 2 atom stereocenters. The number of esters is 2. The van der Waals surface area contributed by atoms with Gasteiger partial charge in [-0.15, -0.1) is 0 Å². The third-order valence-corrected chi connectivity index (χ3v) is 5.99. The summed E-state index contributed by atoms with van der Waals surface area (Å²) in [7, 11) is 0. The normalized spacial score (nSPS) is 25.8. The smallest absolute Gasteiger partial charge is 0.306 e. The van der Waals surface area contributed by atoms with Gasteiger partial charge in [0, 0.05) is 12.8 Å². The van der Waals surface area contributed by atoms with Crippen LogP contribution < -0.4 is 0 Å². The van der Waals surface area contributed by atoms with Gasteiger partial charge in [0.1, 0.15) is 0 Å². The minimum atomic E-state index is -0.0518. The van der Waals surface area contributed by atoms with Crippen LogP contribution in [0.1, 0.15) is 83.5 Å². The van der Waals surface area contributed by atoms with E-state index < -0.39 is 0 Å². The van der Waals surface area contributed by atoms with Crippen molar-refractivity contribution in [3.05, 3.63) is 0 Å². The van der Waals surface area contributed by atoms with Crippen LogP contribution in [0.2, 0.25) is 0 Å². The fraction of sp³-hybridized carbons (Fsp3) is 0.905. The van der Waals surface area contributed by atoms with Crippen molar-refractivity contribution in [3.8, 4) is 0 Å². The van der Waals surface area contributed by atoms with Crippen LogP contribution in [0.15, 0.2) is 0 Å². The molecule has 0 amide bonds. The van der Waals surface area contributed by atoms with E-state index in [1.165, 1.54) is 38.5 Å². The summed E-state index contributed by atoms with van der Waals surface area (Å²) in [6, 6.07) is 0. The van der Waals surface area contributed by atoms with Gasteiger partial charge in [-0.3, -0.25) is 9.59 Å². The number of hydrogen-bond donors (Lipinski definition) is 0. The molecule has 3 rings (SSSR count). The minimum absolute atomic E-state index is 0.0518. The summed E-state index contributed by atoms with van der Waals surface area (Å²) in [6.45, 7) is 1.16. The van der Waals surface area contributed by atoms with Gasteiger partial charge in [-0.25, -0.2) is 0 Å². The van der Waals surface area contributed by atoms with Crippen LogP contribution in [0, 0.1) is 23.7 Å². The van der Waals surface area contributed by atoms with Gasteiger partial charge in [0.05, 0.1) is 13.2 Å². The first-order valence-electron chi connectivity index (χ1n) is 10.5. The average Bonchev–Trinajstić information content (AvgIpc) is 3.50. The molecular formula is C21H34O4. The summed E-state index contributed by atoms with van der Waals surface area (Å²) < 4.78 is 10.7. The summed E-state index contributed by atoms with van der Waals surface area (Å²) in [4.78, 5) is 23.8.